The number of fused-ring (bicyclic) bond motifs is 1. The maximum atomic E-state index is 6.04. The summed E-state index contributed by atoms with van der Waals surface area (Å²) in [6.07, 6.45) is 3.25. The number of halogens is 2. The van der Waals surface area contributed by atoms with E-state index in [2.05, 4.69) is 15.2 Å². The van der Waals surface area contributed by atoms with Gasteiger partial charge in [0.05, 0.1) is 15.7 Å². The number of oxazole rings is 1. The monoisotopic (exact) mass is 330 g/mol. The van der Waals surface area contributed by atoms with Crippen molar-refractivity contribution in [1.82, 2.24) is 19.7 Å². The smallest absolute Gasteiger partial charge is 0.227 e. The fourth-order valence-corrected chi connectivity index (χ4v) is 2.46. The van der Waals surface area contributed by atoms with E-state index in [0.717, 1.165) is 16.8 Å². The van der Waals surface area contributed by atoms with Crippen molar-refractivity contribution in [3.05, 3.63) is 59.1 Å². The lowest BCUT2D eigenvalue weighted by Gasteiger charge is -1.98. The van der Waals surface area contributed by atoms with Crippen LogP contribution in [0.3, 0.4) is 0 Å². The standard InChI is InChI=1S/C15H8Cl2N4O/c16-11-3-1-9(5-12(11)17)15-20-13-6-10(2-4-14(13)22-15)21-7-18-19-8-21/h1-8H. The molecule has 0 fully saturated rings. The van der Waals surface area contributed by atoms with Crippen LogP contribution in [0, 0.1) is 0 Å². The molecule has 22 heavy (non-hydrogen) atoms. The molecule has 0 saturated heterocycles. The van der Waals surface area contributed by atoms with Crippen LogP contribution in [0.25, 0.3) is 28.2 Å². The molecule has 0 atom stereocenters. The van der Waals surface area contributed by atoms with Crippen LogP contribution in [0.2, 0.25) is 10.0 Å². The summed E-state index contributed by atoms with van der Waals surface area (Å²) in [6.45, 7) is 0. The van der Waals surface area contributed by atoms with E-state index in [4.69, 9.17) is 27.6 Å². The zero-order chi connectivity index (χ0) is 15.1. The van der Waals surface area contributed by atoms with Crippen molar-refractivity contribution in [3.8, 4) is 17.1 Å². The van der Waals surface area contributed by atoms with Crippen LogP contribution < -0.4 is 0 Å². The van der Waals surface area contributed by atoms with Crippen LogP contribution in [0.4, 0.5) is 0 Å². The molecule has 108 valence electrons. The molecule has 0 bridgehead atoms. The number of nitrogens with zero attached hydrogens (tertiary/aromatic N) is 4. The van der Waals surface area contributed by atoms with Gasteiger partial charge in [-0.05, 0) is 36.4 Å². The lowest BCUT2D eigenvalue weighted by atomic mass is 10.2. The molecule has 0 unspecified atom stereocenters. The Hall–Kier alpha value is -2.37. The molecule has 0 N–H and O–H groups in total. The van der Waals surface area contributed by atoms with Crippen LogP contribution in [0.1, 0.15) is 0 Å². The van der Waals surface area contributed by atoms with Gasteiger partial charge in [-0.25, -0.2) is 4.98 Å². The van der Waals surface area contributed by atoms with Gasteiger partial charge in [-0.1, -0.05) is 23.2 Å². The maximum absolute atomic E-state index is 6.04. The first-order valence-corrected chi connectivity index (χ1v) is 7.17. The summed E-state index contributed by atoms with van der Waals surface area (Å²) in [7, 11) is 0. The zero-order valence-corrected chi connectivity index (χ0v) is 12.6. The second-order valence-electron chi connectivity index (χ2n) is 4.67. The molecule has 2 aromatic carbocycles. The summed E-state index contributed by atoms with van der Waals surface area (Å²) in [5.74, 6) is 0.495. The predicted octanol–water partition coefficient (Wildman–Crippen LogP) is 4.38. The minimum Gasteiger partial charge on any atom is -0.436 e. The van der Waals surface area contributed by atoms with Crippen LogP contribution in [-0.4, -0.2) is 19.7 Å². The van der Waals surface area contributed by atoms with Gasteiger partial charge in [0.15, 0.2) is 5.58 Å². The second-order valence-corrected chi connectivity index (χ2v) is 5.48. The molecule has 7 heteroatoms. The van der Waals surface area contributed by atoms with E-state index >= 15 is 0 Å². The highest BCUT2D eigenvalue weighted by Gasteiger charge is 2.11. The van der Waals surface area contributed by atoms with E-state index in [1.54, 1.807) is 29.4 Å². The van der Waals surface area contributed by atoms with Gasteiger partial charge in [0.25, 0.3) is 0 Å². The molecule has 2 aromatic heterocycles. The Morgan fingerprint density at radius 2 is 1.73 bits per heavy atom. The highest BCUT2D eigenvalue weighted by atomic mass is 35.5. The largest absolute Gasteiger partial charge is 0.436 e. The molecular weight excluding hydrogens is 323 g/mol. The molecular formula is C15H8Cl2N4O. The maximum Gasteiger partial charge on any atom is 0.227 e. The summed E-state index contributed by atoms with van der Waals surface area (Å²) < 4.78 is 7.57. The lowest BCUT2D eigenvalue weighted by Crippen LogP contribution is -1.88. The van der Waals surface area contributed by atoms with E-state index in [0.29, 0.717) is 21.5 Å². The fourth-order valence-electron chi connectivity index (χ4n) is 2.16. The summed E-state index contributed by atoms with van der Waals surface area (Å²) in [5, 5.41) is 8.54. The summed E-state index contributed by atoms with van der Waals surface area (Å²) >= 11 is 12.0. The van der Waals surface area contributed by atoms with E-state index in [9.17, 15) is 0 Å². The van der Waals surface area contributed by atoms with E-state index in [1.807, 2.05) is 24.3 Å². The summed E-state index contributed by atoms with van der Waals surface area (Å²) in [5.41, 5.74) is 3.12. The SMILES string of the molecule is Clc1ccc(-c2nc3cc(-n4cnnc4)ccc3o2)cc1Cl. The molecule has 0 aliphatic carbocycles. The minimum absolute atomic E-state index is 0.464. The van der Waals surface area contributed by atoms with Crippen molar-refractivity contribution in [2.75, 3.05) is 0 Å². The molecule has 5 nitrogen and oxygen atoms in total. The Morgan fingerprint density at radius 1 is 0.909 bits per heavy atom. The predicted molar refractivity (Wildman–Crippen MR) is 84.4 cm³/mol. The molecule has 2 heterocycles. The van der Waals surface area contributed by atoms with Gasteiger partial charge in [-0.3, -0.25) is 4.57 Å². The van der Waals surface area contributed by atoms with Gasteiger partial charge in [0, 0.05) is 5.56 Å². The van der Waals surface area contributed by atoms with Gasteiger partial charge in [-0.15, -0.1) is 10.2 Å². The molecule has 4 aromatic rings. The van der Waals surface area contributed by atoms with Crippen molar-refractivity contribution >= 4 is 34.3 Å². The Balaban J connectivity index is 1.81. The Bertz CT molecular complexity index is 963. The quantitative estimate of drug-likeness (QED) is 0.547. The molecule has 0 spiro atoms. The summed E-state index contributed by atoms with van der Waals surface area (Å²) in [6, 6.07) is 10.9. The second kappa shape index (κ2) is 5.12. The van der Waals surface area contributed by atoms with Gasteiger partial charge in [0.2, 0.25) is 5.89 Å². The number of hydrogen-bond acceptors (Lipinski definition) is 4. The number of hydrogen-bond donors (Lipinski definition) is 0. The van der Waals surface area contributed by atoms with Crippen LogP contribution >= 0.6 is 23.2 Å². The van der Waals surface area contributed by atoms with Crippen LogP contribution in [-0.2, 0) is 0 Å². The Labute approximate surface area is 135 Å². The normalized spacial score (nSPS) is 11.2. The van der Waals surface area contributed by atoms with Crippen molar-refractivity contribution in [2.45, 2.75) is 0 Å². The Morgan fingerprint density at radius 3 is 2.50 bits per heavy atom. The van der Waals surface area contributed by atoms with Gasteiger partial charge in [0.1, 0.15) is 18.2 Å². The fraction of sp³-hybridized carbons (Fsp3) is 0. The third kappa shape index (κ3) is 2.24. The van der Waals surface area contributed by atoms with Crippen molar-refractivity contribution in [2.24, 2.45) is 0 Å². The molecule has 0 saturated carbocycles. The van der Waals surface area contributed by atoms with Gasteiger partial charge < -0.3 is 4.42 Å². The first kappa shape index (κ1) is 13.3. The lowest BCUT2D eigenvalue weighted by molar-refractivity contribution is 0.620. The van der Waals surface area contributed by atoms with Gasteiger partial charge >= 0.3 is 0 Å². The van der Waals surface area contributed by atoms with Crippen LogP contribution in [0.5, 0.6) is 0 Å². The average Bonchev–Trinajstić information content (AvgIpc) is 3.17. The summed E-state index contributed by atoms with van der Waals surface area (Å²) in [4.78, 5) is 4.50. The highest BCUT2D eigenvalue weighted by Crippen LogP contribution is 2.30. The van der Waals surface area contributed by atoms with Crippen LogP contribution in [0.15, 0.2) is 53.5 Å². The first-order chi connectivity index (χ1) is 10.7. The topological polar surface area (TPSA) is 56.7 Å². The minimum atomic E-state index is 0.464. The van der Waals surface area contributed by atoms with E-state index in [1.165, 1.54) is 0 Å². The highest BCUT2D eigenvalue weighted by molar-refractivity contribution is 6.42. The number of rotatable bonds is 2. The van der Waals surface area contributed by atoms with E-state index < -0.39 is 0 Å². The molecule has 0 aliphatic heterocycles. The Kier molecular flexibility index (Phi) is 3.10. The van der Waals surface area contributed by atoms with Crippen molar-refractivity contribution in [3.63, 3.8) is 0 Å². The average molecular weight is 331 g/mol. The number of benzene rings is 2. The third-order valence-electron chi connectivity index (χ3n) is 3.25. The van der Waals surface area contributed by atoms with Crippen molar-refractivity contribution < 1.29 is 4.42 Å². The van der Waals surface area contributed by atoms with Crippen molar-refractivity contribution in [1.29, 1.82) is 0 Å². The number of aromatic nitrogens is 4. The molecule has 0 aliphatic rings. The zero-order valence-electron chi connectivity index (χ0n) is 11.1. The molecule has 0 radical (unpaired) electrons. The molecule has 4 rings (SSSR count). The molecule has 0 amide bonds. The first-order valence-electron chi connectivity index (χ1n) is 6.42. The third-order valence-corrected chi connectivity index (χ3v) is 3.99. The van der Waals surface area contributed by atoms with E-state index in [-0.39, 0.29) is 0 Å². The van der Waals surface area contributed by atoms with Gasteiger partial charge in [-0.2, -0.15) is 0 Å².